The molecule has 0 aliphatic heterocycles. The first-order chi connectivity index (χ1) is 13.5. The van der Waals surface area contributed by atoms with Gasteiger partial charge in [0.05, 0.1) is 5.56 Å². The summed E-state index contributed by atoms with van der Waals surface area (Å²) in [4.78, 5) is 11.9. The number of nitriles is 1. The lowest BCUT2D eigenvalue weighted by Gasteiger charge is -2.07. The van der Waals surface area contributed by atoms with Gasteiger partial charge < -0.3 is 9.67 Å². The first-order valence-electron chi connectivity index (χ1n) is 9.15. The van der Waals surface area contributed by atoms with E-state index in [2.05, 4.69) is 6.07 Å². The second-order valence-electron chi connectivity index (χ2n) is 6.74. The van der Waals surface area contributed by atoms with E-state index in [1.54, 1.807) is 11.6 Å². The van der Waals surface area contributed by atoms with Crippen molar-refractivity contribution in [2.24, 2.45) is 7.05 Å². The Labute approximate surface area is 169 Å². The van der Waals surface area contributed by atoms with Gasteiger partial charge in [0.25, 0.3) is 0 Å². The number of hydrogen-bond donors (Lipinski definition) is 1. The van der Waals surface area contributed by atoms with Crippen LogP contribution in [0.1, 0.15) is 46.2 Å². The molecule has 142 valence electrons. The van der Waals surface area contributed by atoms with E-state index in [4.69, 9.17) is 11.6 Å². The molecule has 0 fully saturated rings. The van der Waals surface area contributed by atoms with Crippen LogP contribution in [0.15, 0.2) is 48.5 Å². The average Bonchev–Trinajstić information content (AvgIpc) is 2.96. The van der Waals surface area contributed by atoms with Crippen molar-refractivity contribution in [3.05, 3.63) is 81.6 Å². The van der Waals surface area contributed by atoms with E-state index < -0.39 is 5.97 Å². The molecule has 0 spiro atoms. The van der Waals surface area contributed by atoms with Gasteiger partial charge in [-0.1, -0.05) is 67.4 Å². The van der Waals surface area contributed by atoms with Crippen molar-refractivity contribution in [3.8, 4) is 17.2 Å². The zero-order valence-electron chi connectivity index (χ0n) is 15.9. The van der Waals surface area contributed by atoms with Crippen LogP contribution in [-0.4, -0.2) is 15.6 Å². The molecule has 0 aliphatic rings. The molecule has 1 N–H and O–H groups in total. The van der Waals surface area contributed by atoms with Crippen LogP contribution >= 0.6 is 11.6 Å². The highest BCUT2D eigenvalue weighted by Gasteiger charge is 2.25. The number of aromatic nitrogens is 1. The van der Waals surface area contributed by atoms with Crippen molar-refractivity contribution in [2.45, 2.75) is 26.2 Å². The Balaban J connectivity index is 2.04. The van der Waals surface area contributed by atoms with E-state index in [1.165, 1.54) is 0 Å². The van der Waals surface area contributed by atoms with Crippen molar-refractivity contribution >= 4 is 17.6 Å². The molecule has 0 bridgehead atoms. The molecule has 1 aromatic heterocycles. The lowest BCUT2D eigenvalue weighted by Crippen LogP contribution is -2.08. The number of carboxylic acids is 1. The van der Waals surface area contributed by atoms with Gasteiger partial charge in [0.1, 0.15) is 11.8 Å². The maximum atomic E-state index is 11.9. The number of carbonyl (C=O) groups is 1. The van der Waals surface area contributed by atoms with Gasteiger partial charge in [-0.15, -0.1) is 0 Å². The third-order valence-corrected chi connectivity index (χ3v) is 5.28. The fourth-order valence-corrected chi connectivity index (χ4v) is 3.77. The van der Waals surface area contributed by atoms with Gasteiger partial charge in [-0.25, -0.2) is 4.79 Å². The molecule has 0 saturated carbocycles. The van der Waals surface area contributed by atoms with E-state index in [1.807, 2.05) is 55.5 Å². The van der Waals surface area contributed by atoms with Crippen LogP contribution in [0.3, 0.4) is 0 Å². The van der Waals surface area contributed by atoms with Gasteiger partial charge in [0.2, 0.25) is 0 Å². The first-order valence-corrected chi connectivity index (χ1v) is 9.53. The topological polar surface area (TPSA) is 66.0 Å². The molecular formula is C23H21ClN2O2. The zero-order valence-corrected chi connectivity index (χ0v) is 16.6. The second kappa shape index (κ2) is 8.33. The van der Waals surface area contributed by atoms with E-state index in [0.717, 1.165) is 33.8 Å². The molecule has 0 amide bonds. The highest BCUT2D eigenvalue weighted by atomic mass is 35.5. The minimum absolute atomic E-state index is 0.152. The summed E-state index contributed by atoms with van der Waals surface area (Å²) >= 11 is 6.24. The first kappa shape index (κ1) is 19.7. The SMILES string of the molecule is CCCc1c(C#N)c(-c2ccc(Cc3ccccc3Cl)cc2)c(C(=O)O)n1C. The Morgan fingerprint density at radius 2 is 1.86 bits per heavy atom. The van der Waals surface area contributed by atoms with Gasteiger partial charge in [-0.3, -0.25) is 0 Å². The number of rotatable bonds is 6. The normalized spacial score (nSPS) is 10.6. The lowest BCUT2D eigenvalue weighted by atomic mass is 9.97. The molecule has 2 aromatic carbocycles. The zero-order chi connectivity index (χ0) is 20.3. The van der Waals surface area contributed by atoms with E-state index in [9.17, 15) is 15.2 Å². The summed E-state index contributed by atoms with van der Waals surface area (Å²) < 4.78 is 1.64. The van der Waals surface area contributed by atoms with Crippen molar-refractivity contribution < 1.29 is 9.90 Å². The summed E-state index contributed by atoms with van der Waals surface area (Å²) in [7, 11) is 1.71. The summed E-state index contributed by atoms with van der Waals surface area (Å²) in [5, 5.41) is 20.2. The summed E-state index contributed by atoms with van der Waals surface area (Å²) in [6, 6.07) is 17.6. The smallest absolute Gasteiger partial charge is 0.353 e. The van der Waals surface area contributed by atoms with Gasteiger partial charge in [-0.2, -0.15) is 5.26 Å². The predicted octanol–water partition coefficient (Wildman–Crippen LogP) is 5.46. The number of carboxylic acid groups (broad SMARTS) is 1. The highest BCUT2D eigenvalue weighted by Crippen LogP contribution is 2.33. The Bertz CT molecular complexity index is 1060. The highest BCUT2D eigenvalue weighted by molar-refractivity contribution is 6.31. The lowest BCUT2D eigenvalue weighted by molar-refractivity contribution is 0.0687. The van der Waals surface area contributed by atoms with Crippen LogP contribution in [0.25, 0.3) is 11.1 Å². The molecule has 4 nitrogen and oxygen atoms in total. The minimum Gasteiger partial charge on any atom is -0.477 e. The number of hydrogen-bond acceptors (Lipinski definition) is 2. The van der Waals surface area contributed by atoms with Gasteiger partial charge >= 0.3 is 5.97 Å². The van der Waals surface area contributed by atoms with E-state index >= 15 is 0 Å². The van der Waals surface area contributed by atoms with Crippen LogP contribution in [0.2, 0.25) is 5.02 Å². The van der Waals surface area contributed by atoms with Crippen molar-refractivity contribution in [1.82, 2.24) is 4.57 Å². The Hall–Kier alpha value is -3.03. The maximum Gasteiger partial charge on any atom is 0.353 e. The monoisotopic (exact) mass is 392 g/mol. The minimum atomic E-state index is -1.03. The summed E-state index contributed by atoms with van der Waals surface area (Å²) in [6.45, 7) is 2.01. The predicted molar refractivity (Wildman–Crippen MR) is 111 cm³/mol. The molecule has 0 unspecified atom stereocenters. The van der Waals surface area contributed by atoms with Crippen LogP contribution in [-0.2, 0) is 19.9 Å². The standard InChI is InChI=1S/C23H21ClN2O2/c1-3-6-20-18(14-25)21(22(23(27)28)26(20)2)16-11-9-15(10-12-16)13-17-7-4-5-8-19(17)24/h4-5,7-12H,3,6,13H2,1-2H3,(H,27,28). The molecule has 3 aromatic rings. The Morgan fingerprint density at radius 3 is 2.43 bits per heavy atom. The Kier molecular flexibility index (Phi) is 5.87. The third kappa shape index (κ3) is 3.67. The van der Waals surface area contributed by atoms with Crippen LogP contribution in [0.4, 0.5) is 0 Å². The fraction of sp³-hybridized carbons (Fsp3) is 0.217. The molecule has 28 heavy (non-hydrogen) atoms. The quantitative estimate of drug-likeness (QED) is 0.605. The maximum absolute atomic E-state index is 11.9. The number of nitrogens with zero attached hydrogens (tertiary/aromatic N) is 2. The fourth-order valence-electron chi connectivity index (χ4n) is 3.57. The van der Waals surface area contributed by atoms with Gasteiger partial charge in [-0.05, 0) is 35.6 Å². The van der Waals surface area contributed by atoms with Crippen molar-refractivity contribution in [2.75, 3.05) is 0 Å². The number of aromatic carboxylic acids is 1. The Morgan fingerprint density at radius 1 is 1.18 bits per heavy atom. The summed E-state index contributed by atoms with van der Waals surface area (Å²) in [5.41, 5.74) is 4.68. The number of halogens is 1. The van der Waals surface area contributed by atoms with E-state index in [-0.39, 0.29) is 5.69 Å². The average molecular weight is 393 g/mol. The molecule has 0 aliphatic carbocycles. The van der Waals surface area contributed by atoms with Crippen molar-refractivity contribution in [1.29, 1.82) is 5.26 Å². The molecule has 1 heterocycles. The molecule has 3 rings (SSSR count). The molecule has 0 radical (unpaired) electrons. The summed E-state index contributed by atoms with van der Waals surface area (Å²) in [6.07, 6.45) is 2.18. The number of benzene rings is 2. The molecule has 0 atom stereocenters. The van der Waals surface area contributed by atoms with Crippen molar-refractivity contribution in [3.63, 3.8) is 0 Å². The van der Waals surface area contributed by atoms with Gasteiger partial charge in [0.15, 0.2) is 0 Å². The molecule has 5 heteroatoms. The van der Waals surface area contributed by atoms with Crippen LogP contribution in [0, 0.1) is 11.3 Å². The molecular weight excluding hydrogens is 372 g/mol. The van der Waals surface area contributed by atoms with Gasteiger partial charge in [0, 0.05) is 23.3 Å². The van der Waals surface area contributed by atoms with Crippen LogP contribution in [0.5, 0.6) is 0 Å². The van der Waals surface area contributed by atoms with Crippen LogP contribution < -0.4 is 0 Å². The molecule has 0 saturated heterocycles. The second-order valence-corrected chi connectivity index (χ2v) is 7.14. The largest absolute Gasteiger partial charge is 0.477 e. The third-order valence-electron chi connectivity index (χ3n) is 4.91. The van der Waals surface area contributed by atoms with E-state index in [0.29, 0.717) is 24.0 Å². The summed E-state index contributed by atoms with van der Waals surface area (Å²) in [5.74, 6) is -1.03.